The van der Waals surface area contributed by atoms with Crippen molar-refractivity contribution in [2.45, 2.75) is 19.1 Å². The van der Waals surface area contributed by atoms with Crippen LogP contribution in [0.15, 0.2) is 60.9 Å². The number of benzene rings is 2. The smallest absolute Gasteiger partial charge is 0.419 e. The maximum Gasteiger partial charge on any atom is 0.419 e. The van der Waals surface area contributed by atoms with Gasteiger partial charge in [0.2, 0.25) is 0 Å². The predicted octanol–water partition coefficient (Wildman–Crippen LogP) is 5.09. The molecule has 9 heteroatoms. The summed E-state index contributed by atoms with van der Waals surface area (Å²) in [7, 11) is 0. The van der Waals surface area contributed by atoms with Crippen LogP contribution < -0.4 is 15.8 Å². The van der Waals surface area contributed by atoms with E-state index in [2.05, 4.69) is 15.3 Å². The van der Waals surface area contributed by atoms with Crippen LogP contribution in [-0.4, -0.2) is 23.1 Å². The van der Waals surface area contributed by atoms with Crippen LogP contribution >= 0.6 is 12.4 Å². The molecule has 30 heavy (non-hydrogen) atoms. The van der Waals surface area contributed by atoms with E-state index >= 15 is 0 Å². The van der Waals surface area contributed by atoms with Gasteiger partial charge in [-0.25, -0.2) is 9.97 Å². The Hall–Kier alpha value is -2.84. The van der Waals surface area contributed by atoms with Gasteiger partial charge in [0.1, 0.15) is 17.9 Å². The zero-order valence-corrected chi connectivity index (χ0v) is 17.0. The van der Waals surface area contributed by atoms with Crippen LogP contribution in [0.25, 0.3) is 11.3 Å². The molecule has 1 aromatic heterocycles. The van der Waals surface area contributed by atoms with Gasteiger partial charge in [-0.3, -0.25) is 0 Å². The van der Waals surface area contributed by atoms with Crippen molar-refractivity contribution in [3.63, 3.8) is 0 Å². The molecular formula is C21H22ClF3N4O. The molecule has 0 aliphatic rings. The number of hydrogen-bond donors (Lipinski definition) is 2. The second kappa shape index (κ2) is 10.3. The number of halogens is 4. The molecule has 0 spiro atoms. The number of anilines is 1. The van der Waals surface area contributed by atoms with E-state index in [-0.39, 0.29) is 30.8 Å². The Morgan fingerprint density at radius 3 is 2.47 bits per heavy atom. The zero-order valence-electron chi connectivity index (χ0n) is 16.2. The second-order valence-electron chi connectivity index (χ2n) is 6.33. The fraction of sp³-hybridized carbons (Fsp3) is 0.238. The lowest BCUT2D eigenvalue weighted by atomic mass is 10.1. The van der Waals surface area contributed by atoms with Crippen molar-refractivity contribution >= 4 is 18.2 Å². The van der Waals surface area contributed by atoms with E-state index in [1.165, 1.54) is 12.4 Å². The second-order valence-corrected chi connectivity index (χ2v) is 6.33. The first-order valence-electron chi connectivity index (χ1n) is 9.09. The number of alkyl halides is 3. The molecule has 3 rings (SSSR count). The first-order valence-corrected chi connectivity index (χ1v) is 9.09. The third kappa shape index (κ3) is 5.84. The van der Waals surface area contributed by atoms with Gasteiger partial charge in [-0.05, 0) is 30.7 Å². The summed E-state index contributed by atoms with van der Waals surface area (Å²) in [5, 5.41) is 3.11. The van der Waals surface area contributed by atoms with E-state index in [1.807, 2.05) is 30.3 Å². The minimum Gasteiger partial charge on any atom is -0.493 e. The van der Waals surface area contributed by atoms with Gasteiger partial charge in [0, 0.05) is 24.2 Å². The fourth-order valence-corrected chi connectivity index (χ4v) is 2.84. The maximum atomic E-state index is 13.4. The van der Waals surface area contributed by atoms with Crippen molar-refractivity contribution in [3.8, 4) is 17.0 Å². The molecular weight excluding hydrogens is 417 g/mol. The van der Waals surface area contributed by atoms with E-state index in [0.717, 1.165) is 11.6 Å². The maximum absolute atomic E-state index is 13.4. The highest BCUT2D eigenvalue weighted by Gasteiger charge is 2.34. The molecule has 0 radical (unpaired) electrons. The van der Waals surface area contributed by atoms with Gasteiger partial charge in [-0.1, -0.05) is 30.3 Å². The van der Waals surface area contributed by atoms with E-state index in [9.17, 15) is 13.2 Å². The molecule has 160 valence electrons. The van der Waals surface area contributed by atoms with E-state index in [0.29, 0.717) is 23.6 Å². The monoisotopic (exact) mass is 438 g/mol. The van der Waals surface area contributed by atoms with Crippen LogP contribution in [-0.2, 0) is 6.18 Å². The predicted molar refractivity (Wildman–Crippen MR) is 113 cm³/mol. The molecule has 0 fully saturated rings. The van der Waals surface area contributed by atoms with Gasteiger partial charge >= 0.3 is 6.18 Å². The lowest BCUT2D eigenvalue weighted by Gasteiger charge is -2.15. The number of ether oxygens (including phenoxy) is 1. The van der Waals surface area contributed by atoms with Crippen molar-refractivity contribution < 1.29 is 17.9 Å². The Morgan fingerprint density at radius 2 is 1.80 bits per heavy atom. The molecule has 2 aromatic carbocycles. The Morgan fingerprint density at radius 1 is 1.07 bits per heavy atom. The summed E-state index contributed by atoms with van der Waals surface area (Å²) < 4.78 is 45.2. The molecule has 1 unspecified atom stereocenters. The highest BCUT2D eigenvalue weighted by Crippen LogP contribution is 2.38. The standard InChI is InChI=1S/C21H21F3N4O.ClH/c1-2-29-19-9-8-15(10-16(19)21(22,23)24)18-11-20(28-13-27-18)26-12-17(25)14-6-4-3-5-7-14;/h3-11,13,17H,2,12,25H2,1H3,(H,26,27,28);1H. The Labute approximate surface area is 178 Å². The molecule has 0 bridgehead atoms. The average Bonchev–Trinajstić information content (AvgIpc) is 2.72. The molecule has 3 N–H and O–H groups in total. The number of aromatic nitrogens is 2. The van der Waals surface area contributed by atoms with Crippen LogP contribution in [0, 0.1) is 0 Å². The summed E-state index contributed by atoms with van der Waals surface area (Å²) in [5.41, 5.74) is 6.97. The Bertz CT molecular complexity index is 954. The van der Waals surface area contributed by atoms with Gasteiger partial charge < -0.3 is 15.8 Å². The topological polar surface area (TPSA) is 73.1 Å². The van der Waals surface area contributed by atoms with Crippen LogP contribution in [0.1, 0.15) is 24.1 Å². The molecule has 0 aliphatic carbocycles. The first-order chi connectivity index (χ1) is 13.9. The summed E-state index contributed by atoms with van der Waals surface area (Å²) in [6.07, 6.45) is -3.23. The summed E-state index contributed by atoms with van der Waals surface area (Å²) in [6.45, 7) is 2.19. The molecule has 0 aliphatic heterocycles. The Kier molecular flexibility index (Phi) is 8.02. The summed E-state index contributed by atoms with van der Waals surface area (Å²) >= 11 is 0. The number of nitrogens with zero attached hydrogens (tertiary/aromatic N) is 2. The highest BCUT2D eigenvalue weighted by molar-refractivity contribution is 5.85. The van der Waals surface area contributed by atoms with Crippen molar-refractivity contribution in [1.82, 2.24) is 9.97 Å². The normalized spacial score (nSPS) is 12.0. The highest BCUT2D eigenvalue weighted by atomic mass is 35.5. The van der Waals surface area contributed by atoms with Crippen LogP contribution in [0.2, 0.25) is 0 Å². The minimum atomic E-state index is -4.53. The molecule has 5 nitrogen and oxygen atoms in total. The van der Waals surface area contributed by atoms with Gasteiger partial charge in [-0.2, -0.15) is 13.2 Å². The average molecular weight is 439 g/mol. The van der Waals surface area contributed by atoms with Gasteiger partial charge in [-0.15, -0.1) is 12.4 Å². The zero-order chi connectivity index (χ0) is 20.9. The fourth-order valence-electron chi connectivity index (χ4n) is 2.84. The van der Waals surface area contributed by atoms with Crippen molar-refractivity contribution in [3.05, 3.63) is 72.1 Å². The molecule has 0 saturated carbocycles. The largest absolute Gasteiger partial charge is 0.493 e. The molecule has 1 heterocycles. The van der Waals surface area contributed by atoms with Crippen molar-refractivity contribution in [2.24, 2.45) is 5.73 Å². The molecule has 1 atom stereocenters. The lowest BCUT2D eigenvalue weighted by molar-refractivity contribution is -0.138. The lowest BCUT2D eigenvalue weighted by Crippen LogP contribution is -2.20. The minimum absolute atomic E-state index is 0. The van der Waals surface area contributed by atoms with Crippen molar-refractivity contribution in [2.75, 3.05) is 18.5 Å². The quantitative estimate of drug-likeness (QED) is 0.537. The number of rotatable bonds is 7. The number of hydrogen-bond acceptors (Lipinski definition) is 5. The van der Waals surface area contributed by atoms with Gasteiger partial charge in [0.05, 0.1) is 17.9 Å². The Balaban J connectivity index is 0.00000320. The van der Waals surface area contributed by atoms with Crippen molar-refractivity contribution in [1.29, 1.82) is 0 Å². The number of nitrogens with two attached hydrogens (primary N) is 1. The van der Waals surface area contributed by atoms with Crippen LogP contribution in [0.3, 0.4) is 0 Å². The van der Waals surface area contributed by atoms with E-state index in [1.54, 1.807) is 19.1 Å². The van der Waals surface area contributed by atoms with Gasteiger partial charge in [0.25, 0.3) is 0 Å². The van der Waals surface area contributed by atoms with E-state index in [4.69, 9.17) is 10.5 Å². The third-order valence-electron chi connectivity index (χ3n) is 4.28. The summed E-state index contributed by atoms with van der Waals surface area (Å²) in [5.74, 6) is 0.272. The van der Waals surface area contributed by atoms with Crippen LogP contribution in [0.5, 0.6) is 5.75 Å². The SMILES string of the molecule is CCOc1ccc(-c2cc(NCC(N)c3ccccc3)ncn2)cc1C(F)(F)F.Cl. The summed E-state index contributed by atoms with van der Waals surface area (Å²) in [4.78, 5) is 8.23. The third-order valence-corrected chi connectivity index (χ3v) is 4.28. The molecule has 0 amide bonds. The van der Waals surface area contributed by atoms with Crippen LogP contribution in [0.4, 0.5) is 19.0 Å². The molecule has 3 aromatic rings. The summed E-state index contributed by atoms with van der Waals surface area (Å²) in [6, 6.07) is 14.8. The first kappa shape index (κ1) is 23.4. The number of nitrogens with one attached hydrogen (secondary N) is 1. The molecule has 0 saturated heterocycles. The van der Waals surface area contributed by atoms with E-state index < -0.39 is 11.7 Å². The van der Waals surface area contributed by atoms with Gasteiger partial charge in [0.15, 0.2) is 0 Å².